The summed E-state index contributed by atoms with van der Waals surface area (Å²) in [6.07, 6.45) is 16.2. The molecule has 0 bridgehead atoms. The van der Waals surface area contributed by atoms with Crippen LogP contribution in [0.3, 0.4) is 0 Å². The van der Waals surface area contributed by atoms with Gasteiger partial charge in [0.05, 0.1) is 6.61 Å². The average molecular weight is 420 g/mol. The predicted octanol–water partition coefficient (Wildman–Crippen LogP) is 4.40. The van der Waals surface area contributed by atoms with Crippen molar-refractivity contribution in [1.29, 1.82) is 0 Å². The Hall–Kier alpha value is -1.92. The number of benzene rings is 1. The highest BCUT2D eigenvalue weighted by Crippen LogP contribution is 2.28. The molecule has 1 aromatic rings. The zero-order valence-electron chi connectivity index (χ0n) is 17.9. The van der Waals surface area contributed by atoms with E-state index in [1.54, 1.807) is 12.1 Å². The van der Waals surface area contributed by atoms with Crippen LogP contribution in [0.1, 0.15) is 87.4 Å². The minimum absolute atomic E-state index is 0.0488. The second-order valence-electron chi connectivity index (χ2n) is 8.57. The second kappa shape index (κ2) is 12.7. The Morgan fingerprint density at radius 1 is 0.933 bits per heavy atom. The molecule has 0 aromatic heterocycles. The van der Waals surface area contributed by atoms with Crippen molar-refractivity contribution >= 4 is 17.4 Å². The molecule has 0 aliphatic heterocycles. The van der Waals surface area contributed by atoms with E-state index in [0.717, 1.165) is 24.6 Å². The van der Waals surface area contributed by atoms with Crippen molar-refractivity contribution in [3.63, 3.8) is 0 Å². The molecule has 6 nitrogen and oxygen atoms in total. The molecule has 2 rings (SSSR count). The fraction of sp³-hybridized carbons (Fsp3) is 0.667. The lowest BCUT2D eigenvalue weighted by Gasteiger charge is -2.21. The zero-order chi connectivity index (χ0) is 21.8. The maximum atomic E-state index is 12.1. The molecular weight excluding hydrogens is 382 g/mol. The molecule has 6 heteroatoms. The van der Waals surface area contributed by atoms with Crippen molar-refractivity contribution in [2.24, 2.45) is 5.92 Å². The fourth-order valence-electron chi connectivity index (χ4n) is 4.19. The first-order valence-electron chi connectivity index (χ1n) is 11.4. The standard InChI is InChI=1S/C24H37NO5/c26-18-24(30,23(28)29)22(27)20-13-15-21(16-14-20)25-17-9-4-2-1-3-6-10-19-11-7-5-8-12-19/h13-16,19,25-26,30H,1-12,17-18H2,(H,28,29). The summed E-state index contributed by atoms with van der Waals surface area (Å²) in [5, 5.41) is 31.2. The first-order valence-corrected chi connectivity index (χ1v) is 11.4. The maximum absolute atomic E-state index is 12.1. The van der Waals surface area contributed by atoms with Crippen molar-refractivity contribution < 1.29 is 24.9 Å². The summed E-state index contributed by atoms with van der Waals surface area (Å²) in [6, 6.07) is 6.28. The summed E-state index contributed by atoms with van der Waals surface area (Å²) in [5.41, 5.74) is -1.92. The third-order valence-electron chi connectivity index (χ3n) is 6.20. The number of hydrogen-bond donors (Lipinski definition) is 4. The molecule has 1 aliphatic carbocycles. The van der Waals surface area contributed by atoms with E-state index in [4.69, 9.17) is 10.2 Å². The highest BCUT2D eigenvalue weighted by atomic mass is 16.4. The van der Waals surface area contributed by atoms with Crippen LogP contribution in [0.4, 0.5) is 5.69 Å². The molecule has 1 fully saturated rings. The van der Waals surface area contributed by atoms with Gasteiger partial charge in [0.25, 0.3) is 0 Å². The van der Waals surface area contributed by atoms with Gasteiger partial charge in [-0.3, -0.25) is 4.79 Å². The van der Waals surface area contributed by atoms with Gasteiger partial charge in [0, 0.05) is 17.8 Å². The highest BCUT2D eigenvalue weighted by Gasteiger charge is 2.44. The lowest BCUT2D eigenvalue weighted by atomic mass is 9.85. The first-order chi connectivity index (χ1) is 14.5. The number of nitrogens with one attached hydrogen (secondary N) is 1. The molecule has 168 valence electrons. The van der Waals surface area contributed by atoms with Crippen LogP contribution in [0.5, 0.6) is 0 Å². The van der Waals surface area contributed by atoms with Crippen molar-refractivity contribution in [2.75, 3.05) is 18.5 Å². The quantitative estimate of drug-likeness (QED) is 0.202. The molecule has 1 aliphatic rings. The number of carbonyl (C=O) groups excluding carboxylic acids is 1. The molecule has 0 amide bonds. The Morgan fingerprint density at radius 3 is 2.13 bits per heavy atom. The van der Waals surface area contributed by atoms with Crippen LogP contribution in [0, 0.1) is 5.92 Å². The number of rotatable bonds is 14. The van der Waals surface area contributed by atoms with E-state index in [-0.39, 0.29) is 5.56 Å². The number of carboxylic acids is 1. The number of Topliss-reactive ketones (excluding diaryl/α,β-unsaturated/α-hetero) is 1. The van der Waals surface area contributed by atoms with E-state index in [1.165, 1.54) is 82.8 Å². The van der Waals surface area contributed by atoms with Gasteiger partial charge in [-0.1, -0.05) is 70.6 Å². The van der Waals surface area contributed by atoms with E-state index in [9.17, 15) is 14.7 Å². The summed E-state index contributed by atoms with van der Waals surface area (Å²) in [7, 11) is 0. The van der Waals surface area contributed by atoms with Crippen LogP contribution in [0.2, 0.25) is 0 Å². The van der Waals surface area contributed by atoms with E-state index >= 15 is 0 Å². The number of carbonyl (C=O) groups is 2. The third-order valence-corrected chi connectivity index (χ3v) is 6.20. The molecule has 1 aromatic carbocycles. The lowest BCUT2D eigenvalue weighted by molar-refractivity contribution is -0.156. The van der Waals surface area contributed by atoms with Gasteiger partial charge < -0.3 is 20.6 Å². The van der Waals surface area contributed by atoms with E-state index in [2.05, 4.69) is 5.32 Å². The number of hydrogen-bond acceptors (Lipinski definition) is 5. The monoisotopic (exact) mass is 419 g/mol. The molecule has 0 saturated heterocycles. The van der Waals surface area contributed by atoms with Gasteiger partial charge in [0.2, 0.25) is 11.4 Å². The minimum Gasteiger partial charge on any atom is -0.479 e. The van der Waals surface area contributed by atoms with Gasteiger partial charge in [0.15, 0.2) is 0 Å². The average Bonchev–Trinajstić information content (AvgIpc) is 2.77. The number of ketones is 1. The summed E-state index contributed by atoms with van der Waals surface area (Å²) in [5.74, 6) is -1.79. The van der Waals surface area contributed by atoms with Crippen molar-refractivity contribution in [3.05, 3.63) is 29.8 Å². The Morgan fingerprint density at radius 2 is 1.53 bits per heavy atom. The molecule has 0 radical (unpaired) electrons. The van der Waals surface area contributed by atoms with Gasteiger partial charge in [-0.2, -0.15) is 0 Å². The van der Waals surface area contributed by atoms with Gasteiger partial charge in [-0.05, 0) is 36.6 Å². The van der Waals surface area contributed by atoms with Crippen molar-refractivity contribution in [1.82, 2.24) is 0 Å². The van der Waals surface area contributed by atoms with E-state index in [1.807, 2.05) is 0 Å². The highest BCUT2D eigenvalue weighted by molar-refractivity contribution is 6.15. The molecular formula is C24H37NO5. The fourth-order valence-corrected chi connectivity index (χ4v) is 4.19. The van der Waals surface area contributed by atoms with Crippen molar-refractivity contribution in [3.8, 4) is 0 Å². The maximum Gasteiger partial charge on any atom is 0.346 e. The largest absolute Gasteiger partial charge is 0.479 e. The van der Waals surface area contributed by atoms with Crippen LogP contribution < -0.4 is 5.32 Å². The molecule has 1 atom stereocenters. The van der Waals surface area contributed by atoms with Crippen LogP contribution in [-0.4, -0.2) is 45.8 Å². The smallest absolute Gasteiger partial charge is 0.346 e. The summed E-state index contributed by atoms with van der Waals surface area (Å²) in [4.78, 5) is 23.2. The second-order valence-corrected chi connectivity index (χ2v) is 8.57. The van der Waals surface area contributed by atoms with Gasteiger partial charge in [0.1, 0.15) is 0 Å². The third kappa shape index (κ3) is 7.40. The van der Waals surface area contributed by atoms with E-state index in [0.29, 0.717) is 0 Å². The van der Waals surface area contributed by atoms with Crippen LogP contribution in [0.15, 0.2) is 24.3 Å². The Bertz CT molecular complexity index is 654. The van der Waals surface area contributed by atoms with Gasteiger partial charge >= 0.3 is 5.97 Å². The van der Waals surface area contributed by atoms with Crippen LogP contribution in [-0.2, 0) is 4.79 Å². The molecule has 30 heavy (non-hydrogen) atoms. The van der Waals surface area contributed by atoms with Gasteiger partial charge in [-0.15, -0.1) is 0 Å². The number of anilines is 1. The summed E-state index contributed by atoms with van der Waals surface area (Å²) >= 11 is 0. The molecule has 1 saturated carbocycles. The van der Waals surface area contributed by atoms with Crippen LogP contribution >= 0.6 is 0 Å². The number of aliphatic carboxylic acids is 1. The first kappa shape index (κ1) is 24.4. The molecule has 4 N–H and O–H groups in total. The summed E-state index contributed by atoms with van der Waals surface area (Å²) in [6.45, 7) is -0.327. The Kier molecular flexibility index (Phi) is 10.3. The topological polar surface area (TPSA) is 107 Å². The summed E-state index contributed by atoms with van der Waals surface area (Å²) < 4.78 is 0. The normalized spacial score (nSPS) is 16.7. The molecule has 0 spiro atoms. The number of aliphatic hydroxyl groups excluding tert-OH is 1. The zero-order valence-corrected chi connectivity index (χ0v) is 17.9. The molecule has 0 heterocycles. The van der Waals surface area contributed by atoms with Gasteiger partial charge in [-0.25, -0.2) is 4.79 Å². The Labute approximate surface area is 179 Å². The molecule has 1 unspecified atom stereocenters. The lowest BCUT2D eigenvalue weighted by Crippen LogP contribution is -2.49. The Balaban J connectivity index is 1.57. The van der Waals surface area contributed by atoms with E-state index < -0.39 is 24.0 Å². The predicted molar refractivity (Wildman–Crippen MR) is 118 cm³/mol. The van der Waals surface area contributed by atoms with Crippen LogP contribution in [0.25, 0.3) is 0 Å². The number of unbranched alkanes of at least 4 members (excludes halogenated alkanes) is 5. The number of aliphatic hydroxyl groups is 2. The SMILES string of the molecule is O=C(O)C(O)(CO)C(=O)c1ccc(NCCCCCCCCC2CCCCC2)cc1. The number of carboxylic acid groups (broad SMARTS) is 1. The minimum atomic E-state index is -2.80. The van der Waals surface area contributed by atoms with Crippen molar-refractivity contribution in [2.45, 2.75) is 82.7 Å².